The maximum atomic E-state index is 14.1. The van der Waals surface area contributed by atoms with Crippen molar-refractivity contribution in [2.75, 3.05) is 18.0 Å². The Hall–Kier alpha value is -3.72. The Bertz CT molecular complexity index is 1520. The Balaban J connectivity index is 1.52. The lowest BCUT2D eigenvalue weighted by Crippen LogP contribution is -2.50. The lowest BCUT2D eigenvalue weighted by atomic mass is 9.98. The molecule has 1 unspecified atom stereocenters. The number of anilines is 1. The van der Waals surface area contributed by atoms with Crippen molar-refractivity contribution in [3.8, 4) is 0 Å². The molecule has 1 atom stereocenters. The first kappa shape index (κ1) is 21.8. The predicted molar refractivity (Wildman–Crippen MR) is 131 cm³/mol. The molecule has 0 N–H and O–H groups in total. The molecule has 3 aromatic heterocycles. The average molecular weight is 490 g/mol. The Morgan fingerprint density at radius 1 is 1.09 bits per heavy atom. The van der Waals surface area contributed by atoms with Gasteiger partial charge in [0.1, 0.15) is 11.5 Å². The fraction of sp³-hybridized carbons (Fsp3) is 0.320. The third kappa shape index (κ3) is 3.18. The van der Waals surface area contributed by atoms with Gasteiger partial charge in [0.15, 0.2) is 5.65 Å². The first-order valence-corrected chi connectivity index (χ1v) is 11.9. The van der Waals surface area contributed by atoms with Gasteiger partial charge < -0.3 is 4.90 Å². The number of nitrogens with zero attached hydrogens (tertiary/aromatic N) is 7. The quantitative estimate of drug-likeness (QED) is 0.438. The van der Waals surface area contributed by atoms with E-state index in [2.05, 4.69) is 10.2 Å². The van der Waals surface area contributed by atoms with E-state index < -0.39 is 0 Å². The Morgan fingerprint density at radius 2 is 1.80 bits per heavy atom. The zero-order valence-corrected chi connectivity index (χ0v) is 20.6. The molecule has 9 nitrogen and oxygen atoms in total. The van der Waals surface area contributed by atoms with Crippen LogP contribution in [0.25, 0.3) is 5.65 Å². The standard InChI is InChI=1S/C25H24ClN7O2/c1-13-9-19(12-31-15(3)27-28-24(13)31)32-22(17-5-7-18(26)8-6-17)21-14(2)29-33(23(21)25(32)35)20-10-30(11-20)16(4)34/h5-9,12,20,22H,10-11H2,1-4H3. The van der Waals surface area contributed by atoms with Gasteiger partial charge in [-0.25, -0.2) is 0 Å². The maximum absolute atomic E-state index is 14.1. The maximum Gasteiger partial charge on any atom is 0.277 e. The van der Waals surface area contributed by atoms with Gasteiger partial charge in [0, 0.05) is 36.8 Å². The minimum Gasteiger partial charge on any atom is -0.339 e. The average Bonchev–Trinajstić information content (AvgIpc) is 3.41. The summed E-state index contributed by atoms with van der Waals surface area (Å²) in [5, 5.41) is 13.9. The first-order chi connectivity index (χ1) is 16.7. The van der Waals surface area contributed by atoms with Crippen molar-refractivity contribution in [1.82, 2.24) is 29.3 Å². The molecule has 6 rings (SSSR count). The monoisotopic (exact) mass is 489 g/mol. The summed E-state index contributed by atoms with van der Waals surface area (Å²) >= 11 is 6.19. The molecule has 0 saturated carbocycles. The summed E-state index contributed by atoms with van der Waals surface area (Å²) in [4.78, 5) is 29.5. The van der Waals surface area contributed by atoms with E-state index in [0.29, 0.717) is 23.8 Å². The third-order valence-electron chi connectivity index (χ3n) is 7.05. The number of amides is 2. The second-order valence-electron chi connectivity index (χ2n) is 9.32. The molecule has 1 saturated heterocycles. The highest BCUT2D eigenvalue weighted by atomic mass is 35.5. The largest absolute Gasteiger partial charge is 0.339 e. The molecular weight excluding hydrogens is 466 g/mol. The summed E-state index contributed by atoms with van der Waals surface area (Å²) in [7, 11) is 0. The number of fused-ring (bicyclic) bond motifs is 2. The summed E-state index contributed by atoms with van der Waals surface area (Å²) in [6, 6.07) is 9.18. The zero-order valence-electron chi connectivity index (χ0n) is 19.9. The highest BCUT2D eigenvalue weighted by molar-refractivity contribution is 6.30. The number of pyridine rings is 1. The molecule has 0 spiro atoms. The fourth-order valence-corrected chi connectivity index (χ4v) is 5.33. The highest BCUT2D eigenvalue weighted by Crippen LogP contribution is 2.45. The molecule has 4 aromatic rings. The van der Waals surface area contributed by atoms with Gasteiger partial charge in [-0.05, 0) is 50.1 Å². The zero-order chi connectivity index (χ0) is 24.6. The van der Waals surface area contributed by atoms with Crippen LogP contribution in [-0.2, 0) is 4.79 Å². The van der Waals surface area contributed by atoms with E-state index in [1.807, 2.05) is 71.3 Å². The van der Waals surface area contributed by atoms with E-state index in [-0.39, 0.29) is 23.9 Å². The third-order valence-corrected chi connectivity index (χ3v) is 7.30. The second-order valence-corrected chi connectivity index (χ2v) is 9.76. The van der Waals surface area contributed by atoms with Gasteiger partial charge in [0.2, 0.25) is 5.91 Å². The molecule has 2 aliphatic heterocycles. The van der Waals surface area contributed by atoms with Crippen molar-refractivity contribution in [2.24, 2.45) is 0 Å². The summed E-state index contributed by atoms with van der Waals surface area (Å²) in [6.45, 7) is 8.45. The van der Waals surface area contributed by atoms with E-state index in [1.54, 1.807) is 11.8 Å². The van der Waals surface area contributed by atoms with Crippen molar-refractivity contribution in [1.29, 1.82) is 0 Å². The summed E-state index contributed by atoms with van der Waals surface area (Å²) < 4.78 is 3.74. The second kappa shape index (κ2) is 7.64. The van der Waals surface area contributed by atoms with Crippen LogP contribution in [0.4, 0.5) is 5.69 Å². The number of halogens is 1. The smallest absolute Gasteiger partial charge is 0.277 e. The van der Waals surface area contributed by atoms with E-state index in [4.69, 9.17) is 16.7 Å². The predicted octanol–water partition coefficient (Wildman–Crippen LogP) is 3.66. The molecule has 0 bridgehead atoms. The normalized spacial score (nSPS) is 17.9. The van der Waals surface area contributed by atoms with E-state index in [0.717, 1.165) is 39.5 Å². The van der Waals surface area contributed by atoms with Crippen LogP contribution in [0, 0.1) is 20.8 Å². The van der Waals surface area contributed by atoms with Gasteiger partial charge in [-0.3, -0.25) is 23.6 Å². The minimum absolute atomic E-state index is 0.0274. The van der Waals surface area contributed by atoms with Crippen LogP contribution < -0.4 is 4.90 Å². The van der Waals surface area contributed by atoms with Crippen molar-refractivity contribution in [3.63, 3.8) is 0 Å². The molecule has 1 aromatic carbocycles. The molecule has 10 heteroatoms. The van der Waals surface area contributed by atoms with Crippen molar-refractivity contribution >= 4 is 34.7 Å². The van der Waals surface area contributed by atoms with Crippen LogP contribution in [0.2, 0.25) is 5.02 Å². The van der Waals surface area contributed by atoms with Gasteiger partial charge >= 0.3 is 0 Å². The molecule has 5 heterocycles. The molecule has 178 valence electrons. The number of likely N-dealkylation sites (tertiary alicyclic amines) is 1. The topological polar surface area (TPSA) is 88.6 Å². The molecule has 0 radical (unpaired) electrons. The molecule has 2 aliphatic rings. The van der Waals surface area contributed by atoms with Crippen LogP contribution in [0.5, 0.6) is 0 Å². The number of rotatable bonds is 3. The Labute approximate surface area is 206 Å². The lowest BCUT2D eigenvalue weighted by molar-refractivity contribution is -0.134. The van der Waals surface area contributed by atoms with Gasteiger partial charge in [-0.1, -0.05) is 23.7 Å². The number of hydrogen-bond donors (Lipinski definition) is 0. The highest BCUT2D eigenvalue weighted by Gasteiger charge is 2.46. The van der Waals surface area contributed by atoms with Crippen LogP contribution in [0.1, 0.15) is 57.7 Å². The van der Waals surface area contributed by atoms with Gasteiger partial charge in [-0.15, -0.1) is 10.2 Å². The van der Waals surface area contributed by atoms with Crippen LogP contribution in [0.3, 0.4) is 0 Å². The first-order valence-electron chi connectivity index (χ1n) is 11.5. The van der Waals surface area contributed by atoms with Gasteiger partial charge in [-0.2, -0.15) is 5.10 Å². The van der Waals surface area contributed by atoms with Crippen molar-refractivity contribution < 1.29 is 9.59 Å². The number of hydrogen-bond acceptors (Lipinski definition) is 5. The number of benzene rings is 1. The van der Waals surface area contributed by atoms with Gasteiger partial charge in [0.05, 0.1) is 23.5 Å². The minimum atomic E-state index is -0.360. The summed E-state index contributed by atoms with van der Waals surface area (Å²) in [5.41, 5.74) is 5.65. The fourth-order valence-electron chi connectivity index (χ4n) is 5.20. The number of aromatic nitrogens is 5. The molecule has 1 fully saturated rings. The van der Waals surface area contributed by atoms with Crippen LogP contribution in [-0.4, -0.2) is 54.2 Å². The number of carbonyl (C=O) groups excluding carboxylic acids is 2. The van der Waals surface area contributed by atoms with Crippen molar-refractivity contribution in [3.05, 3.63) is 75.5 Å². The molecule has 35 heavy (non-hydrogen) atoms. The number of aryl methyl sites for hydroxylation is 3. The molecule has 0 aliphatic carbocycles. The Morgan fingerprint density at radius 3 is 2.49 bits per heavy atom. The van der Waals surface area contributed by atoms with Crippen LogP contribution in [0.15, 0.2) is 36.5 Å². The number of carbonyl (C=O) groups is 2. The van der Waals surface area contributed by atoms with Crippen molar-refractivity contribution in [2.45, 2.75) is 39.8 Å². The van der Waals surface area contributed by atoms with E-state index in [1.165, 1.54) is 0 Å². The Kier molecular flexibility index (Phi) is 4.76. The molecule has 2 amide bonds. The SMILES string of the molecule is CC(=O)N1CC(n2nc(C)c3c2C(=O)N(c2cc(C)c4nnc(C)n4c2)C3c2ccc(Cl)cc2)C1. The van der Waals surface area contributed by atoms with E-state index in [9.17, 15) is 9.59 Å². The van der Waals surface area contributed by atoms with Gasteiger partial charge in [0.25, 0.3) is 5.91 Å². The summed E-state index contributed by atoms with van der Waals surface area (Å²) in [5.74, 6) is 0.659. The van der Waals surface area contributed by atoms with E-state index >= 15 is 0 Å². The van der Waals surface area contributed by atoms with Crippen LogP contribution >= 0.6 is 11.6 Å². The summed E-state index contributed by atoms with van der Waals surface area (Å²) in [6.07, 6.45) is 1.91. The lowest BCUT2D eigenvalue weighted by Gasteiger charge is -2.39. The molecular formula is C25H24ClN7O2.